The Morgan fingerprint density at radius 1 is 1.32 bits per heavy atom. The summed E-state index contributed by atoms with van der Waals surface area (Å²) in [4.78, 5) is 13.9. The molecule has 19 heavy (non-hydrogen) atoms. The van der Waals surface area contributed by atoms with Crippen LogP contribution in [0.2, 0.25) is 0 Å². The molecule has 1 amide bonds. The van der Waals surface area contributed by atoms with Crippen molar-refractivity contribution in [1.29, 1.82) is 0 Å². The molecule has 0 aliphatic carbocycles. The number of amides is 1. The van der Waals surface area contributed by atoms with Crippen molar-refractivity contribution in [2.45, 2.75) is 6.92 Å². The van der Waals surface area contributed by atoms with Crippen molar-refractivity contribution in [3.05, 3.63) is 29.8 Å². The van der Waals surface area contributed by atoms with Gasteiger partial charge in [0.1, 0.15) is 5.75 Å². The van der Waals surface area contributed by atoms with Crippen molar-refractivity contribution in [2.75, 3.05) is 39.5 Å². The maximum atomic E-state index is 11.6. The first-order chi connectivity index (χ1) is 9.24. The second kappa shape index (κ2) is 7.11. The van der Waals surface area contributed by atoms with Gasteiger partial charge in [-0.3, -0.25) is 9.69 Å². The minimum Gasteiger partial charge on any atom is -0.484 e. The van der Waals surface area contributed by atoms with Gasteiger partial charge in [-0.2, -0.15) is 0 Å². The van der Waals surface area contributed by atoms with E-state index in [1.807, 2.05) is 31.2 Å². The second-order valence-electron chi connectivity index (χ2n) is 4.73. The molecule has 1 aliphatic heterocycles. The Bertz CT molecular complexity index is 400. The number of piperazine rings is 1. The first-order valence-corrected chi connectivity index (χ1v) is 6.63. The summed E-state index contributed by atoms with van der Waals surface area (Å²) in [6, 6.07) is 7.68. The molecule has 104 valence electrons. The topological polar surface area (TPSA) is 53.6 Å². The Morgan fingerprint density at radius 2 is 2.00 bits per heavy atom. The molecule has 0 aromatic heterocycles. The average Bonchev–Trinajstić information content (AvgIpc) is 2.45. The SMILES string of the molecule is Cc1ccc(OCC(=O)NCN2CCNCC2)cc1. The predicted molar refractivity (Wildman–Crippen MR) is 74.1 cm³/mol. The normalized spacial score (nSPS) is 16.1. The highest BCUT2D eigenvalue weighted by molar-refractivity contribution is 5.77. The van der Waals surface area contributed by atoms with Crippen LogP contribution >= 0.6 is 0 Å². The molecule has 0 bridgehead atoms. The smallest absolute Gasteiger partial charge is 0.258 e. The third kappa shape index (κ3) is 4.89. The molecule has 0 radical (unpaired) electrons. The molecule has 0 saturated carbocycles. The van der Waals surface area contributed by atoms with E-state index in [1.54, 1.807) is 0 Å². The molecule has 1 aromatic carbocycles. The molecule has 2 rings (SSSR count). The number of nitrogens with zero attached hydrogens (tertiary/aromatic N) is 1. The third-order valence-corrected chi connectivity index (χ3v) is 3.10. The highest BCUT2D eigenvalue weighted by Gasteiger charge is 2.10. The molecule has 1 heterocycles. The third-order valence-electron chi connectivity index (χ3n) is 3.10. The van der Waals surface area contributed by atoms with Gasteiger partial charge in [-0.15, -0.1) is 0 Å². The number of hydrogen-bond donors (Lipinski definition) is 2. The van der Waals surface area contributed by atoms with Crippen LogP contribution in [0.1, 0.15) is 5.56 Å². The van der Waals surface area contributed by atoms with Gasteiger partial charge in [0.25, 0.3) is 5.91 Å². The summed E-state index contributed by atoms with van der Waals surface area (Å²) in [6.07, 6.45) is 0. The maximum Gasteiger partial charge on any atom is 0.258 e. The second-order valence-corrected chi connectivity index (χ2v) is 4.73. The first-order valence-electron chi connectivity index (χ1n) is 6.63. The lowest BCUT2D eigenvalue weighted by atomic mass is 10.2. The van der Waals surface area contributed by atoms with E-state index in [1.165, 1.54) is 5.56 Å². The molecule has 0 unspecified atom stereocenters. The minimum absolute atomic E-state index is 0.0646. The van der Waals surface area contributed by atoms with Crippen molar-refractivity contribution in [1.82, 2.24) is 15.5 Å². The lowest BCUT2D eigenvalue weighted by molar-refractivity contribution is -0.123. The molecular weight excluding hydrogens is 242 g/mol. The zero-order valence-corrected chi connectivity index (χ0v) is 11.3. The van der Waals surface area contributed by atoms with Crippen LogP contribution in [0.4, 0.5) is 0 Å². The lowest BCUT2D eigenvalue weighted by Gasteiger charge is -2.27. The van der Waals surface area contributed by atoms with Crippen LogP contribution in [-0.2, 0) is 4.79 Å². The standard InChI is InChI=1S/C14H21N3O2/c1-12-2-4-13(5-3-12)19-10-14(18)16-11-17-8-6-15-7-9-17/h2-5,15H,6-11H2,1H3,(H,16,18). The summed E-state index contributed by atoms with van der Waals surface area (Å²) in [7, 11) is 0. The van der Waals surface area contributed by atoms with Gasteiger partial charge in [0.2, 0.25) is 0 Å². The van der Waals surface area contributed by atoms with Gasteiger partial charge in [-0.1, -0.05) is 17.7 Å². The van der Waals surface area contributed by atoms with Crippen LogP contribution < -0.4 is 15.4 Å². The molecule has 1 aliphatic rings. The highest BCUT2D eigenvalue weighted by Crippen LogP contribution is 2.10. The summed E-state index contributed by atoms with van der Waals surface area (Å²) in [5.41, 5.74) is 1.18. The zero-order chi connectivity index (χ0) is 13.5. The Labute approximate surface area is 113 Å². The van der Waals surface area contributed by atoms with Crippen LogP contribution in [0.25, 0.3) is 0 Å². The Hall–Kier alpha value is -1.59. The quantitative estimate of drug-likeness (QED) is 0.805. The number of rotatable bonds is 5. The van der Waals surface area contributed by atoms with Gasteiger partial charge in [-0.25, -0.2) is 0 Å². The van der Waals surface area contributed by atoms with E-state index in [0.29, 0.717) is 6.67 Å². The Kier molecular flexibility index (Phi) is 5.18. The summed E-state index contributed by atoms with van der Waals surface area (Å²) >= 11 is 0. The Balaban J connectivity index is 1.65. The molecular formula is C14H21N3O2. The zero-order valence-electron chi connectivity index (χ0n) is 11.3. The fourth-order valence-corrected chi connectivity index (χ4v) is 1.90. The predicted octanol–water partition coefficient (Wildman–Crippen LogP) is 0.353. The number of ether oxygens (including phenoxy) is 1. The van der Waals surface area contributed by atoms with E-state index in [-0.39, 0.29) is 12.5 Å². The highest BCUT2D eigenvalue weighted by atomic mass is 16.5. The van der Waals surface area contributed by atoms with Crippen LogP contribution in [0, 0.1) is 6.92 Å². The van der Waals surface area contributed by atoms with Crippen molar-refractivity contribution < 1.29 is 9.53 Å². The molecule has 1 aromatic rings. The lowest BCUT2D eigenvalue weighted by Crippen LogP contribution is -2.48. The van der Waals surface area contributed by atoms with Gasteiger partial charge < -0.3 is 15.4 Å². The number of carbonyl (C=O) groups excluding carboxylic acids is 1. The van der Waals surface area contributed by atoms with Gasteiger partial charge in [0.15, 0.2) is 6.61 Å². The number of nitrogens with one attached hydrogen (secondary N) is 2. The van der Waals surface area contributed by atoms with Crippen molar-refractivity contribution in [3.63, 3.8) is 0 Å². The van der Waals surface area contributed by atoms with Crippen molar-refractivity contribution in [3.8, 4) is 5.75 Å². The monoisotopic (exact) mass is 263 g/mol. The molecule has 1 fully saturated rings. The molecule has 0 atom stereocenters. The molecule has 5 heteroatoms. The van der Waals surface area contributed by atoms with E-state index >= 15 is 0 Å². The maximum absolute atomic E-state index is 11.6. The number of hydrogen-bond acceptors (Lipinski definition) is 4. The van der Waals surface area contributed by atoms with E-state index in [9.17, 15) is 4.79 Å². The minimum atomic E-state index is -0.0842. The van der Waals surface area contributed by atoms with Crippen LogP contribution in [-0.4, -0.2) is 50.3 Å². The van der Waals surface area contributed by atoms with Crippen LogP contribution in [0.15, 0.2) is 24.3 Å². The summed E-state index contributed by atoms with van der Waals surface area (Å²) < 4.78 is 5.42. The van der Waals surface area contributed by atoms with Gasteiger partial charge in [0.05, 0.1) is 6.67 Å². The summed E-state index contributed by atoms with van der Waals surface area (Å²) in [5, 5.41) is 6.14. The van der Waals surface area contributed by atoms with Gasteiger partial charge in [-0.05, 0) is 19.1 Å². The first kappa shape index (κ1) is 13.8. The van der Waals surface area contributed by atoms with Crippen molar-refractivity contribution in [2.24, 2.45) is 0 Å². The van der Waals surface area contributed by atoms with E-state index in [4.69, 9.17) is 4.74 Å². The van der Waals surface area contributed by atoms with Crippen molar-refractivity contribution >= 4 is 5.91 Å². The Morgan fingerprint density at radius 3 is 2.68 bits per heavy atom. The number of aryl methyl sites for hydroxylation is 1. The van der Waals surface area contributed by atoms with Gasteiger partial charge >= 0.3 is 0 Å². The summed E-state index contributed by atoms with van der Waals surface area (Å²) in [6.45, 7) is 6.58. The van der Waals surface area contributed by atoms with E-state index in [0.717, 1.165) is 31.9 Å². The molecule has 1 saturated heterocycles. The number of benzene rings is 1. The molecule has 5 nitrogen and oxygen atoms in total. The fraction of sp³-hybridized carbons (Fsp3) is 0.500. The van der Waals surface area contributed by atoms with Gasteiger partial charge in [0, 0.05) is 26.2 Å². The summed E-state index contributed by atoms with van der Waals surface area (Å²) in [5.74, 6) is 0.641. The fourth-order valence-electron chi connectivity index (χ4n) is 1.90. The largest absolute Gasteiger partial charge is 0.484 e. The van der Waals surface area contributed by atoms with Crippen LogP contribution in [0.5, 0.6) is 5.75 Å². The van der Waals surface area contributed by atoms with Crippen LogP contribution in [0.3, 0.4) is 0 Å². The molecule has 2 N–H and O–H groups in total. The average molecular weight is 263 g/mol. The molecule has 0 spiro atoms. The van der Waals surface area contributed by atoms with E-state index < -0.39 is 0 Å². The number of carbonyl (C=O) groups is 1. The van der Waals surface area contributed by atoms with E-state index in [2.05, 4.69) is 15.5 Å².